The molecule has 2 rings (SSSR count). The first-order chi connectivity index (χ1) is 7.24. The number of hydrogen-bond donors (Lipinski definition) is 0. The highest BCUT2D eigenvalue weighted by molar-refractivity contribution is 9.10. The maximum Gasteiger partial charge on any atom is 0.514 e. The van der Waals surface area contributed by atoms with Crippen molar-refractivity contribution in [1.82, 2.24) is 9.55 Å². The Morgan fingerprint density at radius 2 is 1.75 bits per heavy atom. The summed E-state index contributed by atoms with van der Waals surface area (Å²) in [4.78, 5) is 4.18. The van der Waals surface area contributed by atoms with E-state index < -0.39 is 0 Å². The molecule has 6 heteroatoms. The van der Waals surface area contributed by atoms with Crippen molar-refractivity contribution in [2.75, 3.05) is 0 Å². The average Bonchev–Trinajstić information content (AvgIpc) is 2.54. The highest BCUT2D eigenvalue weighted by atomic mass is 79.9. The van der Waals surface area contributed by atoms with Gasteiger partial charge in [0, 0.05) is 13.2 Å². The van der Waals surface area contributed by atoms with E-state index in [-0.39, 0.29) is 18.3 Å². The lowest BCUT2D eigenvalue weighted by Crippen LogP contribution is -2.41. The van der Waals surface area contributed by atoms with E-state index in [4.69, 9.17) is 9.31 Å². The summed E-state index contributed by atoms with van der Waals surface area (Å²) in [5.41, 5.74) is 0.300. The second-order valence-electron chi connectivity index (χ2n) is 5.10. The lowest BCUT2D eigenvalue weighted by atomic mass is 9.85. The third kappa shape index (κ3) is 1.73. The van der Waals surface area contributed by atoms with E-state index in [1.165, 1.54) is 0 Å². The molecule has 0 aliphatic carbocycles. The molecule has 0 bridgehead atoms. The van der Waals surface area contributed by atoms with Gasteiger partial charge in [-0.05, 0) is 43.6 Å². The van der Waals surface area contributed by atoms with E-state index in [2.05, 4.69) is 20.9 Å². The molecular weight excluding hydrogens is 271 g/mol. The maximum atomic E-state index is 5.94. The summed E-state index contributed by atoms with van der Waals surface area (Å²) in [6.07, 6.45) is 1.77. The number of hydrogen-bond acceptors (Lipinski definition) is 3. The minimum Gasteiger partial charge on any atom is -0.398 e. The van der Waals surface area contributed by atoms with E-state index in [1.807, 2.05) is 39.3 Å². The zero-order valence-electron chi connectivity index (χ0n) is 10.2. The van der Waals surface area contributed by atoms with Crippen LogP contribution in [-0.4, -0.2) is 27.9 Å². The molecule has 1 aromatic heterocycles. The van der Waals surface area contributed by atoms with Crippen molar-refractivity contribution in [3.05, 3.63) is 10.9 Å². The van der Waals surface area contributed by atoms with Gasteiger partial charge in [0.25, 0.3) is 0 Å². The van der Waals surface area contributed by atoms with Crippen molar-refractivity contribution in [2.45, 2.75) is 38.9 Å². The van der Waals surface area contributed by atoms with Crippen LogP contribution in [0.4, 0.5) is 0 Å². The normalized spacial score (nSPS) is 22.8. The van der Waals surface area contributed by atoms with Crippen molar-refractivity contribution in [2.24, 2.45) is 7.05 Å². The molecule has 0 atom stereocenters. The largest absolute Gasteiger partial charge is 0.514 e. The quantitative estimate of drug-likeness (QED) is 0.734. The molecule has 88 valence electrons. The Labute approximate surface area is 105 Å². The number of aromatic nitrogens is 2. The molecule has 0 unspecified atom stereocenters. The monoisotopic (exact) mass is 286 g/mol. The van der Waals surface area contributed by atoms with Gasteiger partial charge in [-0.15, -0.1) is 0 Å². The molecule has 1 aliphatic heterocycles. The molecule has 4 nitrogen and oxygen atoms in total. The van der Waals surface area contributed by atoms with Crippen molar-refractivity contribution in [3.8, 4) is 0 Å². The number of rotatable bonds is 1. The molecule has 1 saturated heterocycles. The van der Waals surface area contributed by atoms with Gasteiger partial charge in [-0.25, -0.2) is 4.98 Å². The average molecular weight is 287 g/mol. The van der Waals surface area contributed by atoms with Gasteiger partial charge in [-0.3, -0.25) is 0 Å². The molecule has 1 aromatic rings. The lowest BCUT2D eigenvalue weighted by molar-refractivity contribution is 0.00578. The Morgan fingerprint density at radius 1 is 1.25 bits per heavy atom. The summed E-state index contributed by atoms with van der Waals surface area (Å²) in [7, 11) is 1.58. The first kappa shape index (κ1) is 12.1. The molecular formula is C10H16BBrN2O2. The molecule has 0 spiro atoms. The molecule has 1 fully saturated rings. The predicted molar refractivity (Wildman–Crippen MR) is 66.6 cm³/mol. The standard InChI is InChI=1S/C10H16BBrN2O2/c1-9(2)10(3,4)16-11(15-9)7-6-13-8(12)14(7)5/h6H,1-5H3. The fraction of sp³-hybridized carbons (Fsp3) is 0.700. The topological polar surface area (TPSA) is 36.3 Å². The summed E-state index contributed by atoms with van der Waals surface area (Å²) in [5.74, 6) is 0. The van der Waals surface area contributed by atoms with Crippen molar-refractivity contribution >= 4 is 28.6 Å². The Hall–Kier alpha value is -0.325. The Morgan fingerprint density at radius 3 is 2.12 bits per heavy atom. The summed E-state index contributed by atoms with van der Waals surface area (Å²) >= 11 is 3.36. The molecule has 1 aliphatic rings. The van der Waals surface area contributed by atoms with Crippen LogP contribution in [0.5, 0.6) is 0 Å². The van der Waals surface area contributed by atoms with E-state index >= 15 is 0 Å². The molecule has 0 radical (unpaired) electrons. The zero-order chi connectivity index (χ0) is 12.1. The van der Waals surface area contributed by atoms with Gasteiger partial charge in [-0.2, -0.15) is 0 Å². The van der Waals surface area contributed by atoms with Gasteiger partial charge >= 0.3 is 7.12 Å². The van der Waals surface area contributed by atoms with E-state index in [9.17, 15) is 0 Å². The number of imidazole rings is 1. The van der Waals surface area contributed by atoms with Crippen LogP contribution in [0.2, 0.25) is 0 Å². The summed E-state index contributed by atoms with van der Waals surface area (Å²) in [6.45, 7) is 8.16. The first-order valence-corrected chi connectivity index (χ1v) is 6.07. The second kappa shape index (κ2) is 3.58. The van der Waals surface area contributed by atoms with Crippen LogP contribution in [0.3, 0.4) is 0 Å². The van der Waals surface area contributed by atoms with Crippen LogP contribution in [-0.2, 0) is 16.4 Å². The summed E-state index contributed by atoms with van der Waals surface area (Å²) in [6, 6.07) is 0. The van der Waals surface area contributed by atoms with E-state index in [0.717, 1.165) is 10.3 Å². The van der Waals surface area contributed by atoms with Crippen LogP contribution in [0, 0.1) is 0 Å². The molecule has 0 N–H and O–H groups in total. The maximum absolute atomic E-state index is 5.94. The predicted octanol–water partition coefficient (Wildman–Crippen LogP) is 1.48. The summed E-state index contributed by atoms with van der Waals surface area (Å²) < 4.78 is 14.6. The van der Waals surface area contributed by atoms with Gasteiger partial charge in [-0.1, -0.05) is 0 Å². The van der Waals surface area contributed by atoms with Crippen LogP contribution in [0.1, 0.15) is 27.7 Å². The van der Waals surface area contributed by atoms with Crippen LogP contribution in [0.15, 0.2) is 10.9 Å². The SMILES string of the molecule is Cn1c(B2OC(C)(C)C(C)(C)O2)cnc1Br. The molecule has 16 heavy (non-hydrogen) atoms. The van der Waals surface area contributed by atoms with E-state index in [0.29, 0.717) is 0 Å². The van der Waals surface area contributed by atoms with Gasteiger partial charge < -0.3 is 13.9 Å². The Bertz CT molecular complexity index is 401. The molecule has 2 heterocycles. The third-order valence-electron chi connectivity index (χ3n) is 3.46. The fourth-order valence-corrected chi connectivity index (χ4v) is 1.89. The minimum absolute atomic E-state index is 0.311. The van der Waals surface area contributed by atoms with Crippen molar-refractivity contribution in [1.29, 1.82) is 0 Å². The Kier molecular flexibility index (Phi) is 2.72. The van der Waals surface area contributed by atoms with Crippen molar-refractivity contribution < 1.29 is 9.31 Å². The highest BCUT2D eigenvalue weighted by Gasteiger charge is 2.52. The molecule has 0 aromatic carbocycles. The molecule has 0 saturated carbocycles. The van der Waals surface area contributed by atoms with Crippen LogP contribution >= 0.6 is 15.9 Å². The molecule has 0 amide bonds. The van der Waals surface area contributed by atoms with Crippen LogP contribution < -0.4 is 5.59 Å². The zero-order valence-corrected chi connectivity index (χ0v) is 11.8. The minimum atomic E-state index is -0.353. The fourth-order valence-electron chi connectivity index (χ4n) is 1.58. The smallest absolute Gasteiger partial charge is 0.398 e. The van der Waals surface area contributed by atoms with Gasteiger partial charge in [0.2, 0.25) is 0 Å². The van der Waals surface area contributed by atoms with Crippen LogP contribution in [0.25, 0.3) is 0 Å². The highest BCUT2D eigenvalue weighted by Crippen LogP contribution is 2.36. The lowest BCUT2D eigenvalue weighted by Gasteiger charge is -2.32. The Balaban J connectivity index is 2.30. The van der Waals surface area contributed by atoms with Gasteiger partial charge in [0.1, 0.15) is 0 Å². The summed E-state index contributed by atoms with van der Waals surface area (Å²) in [5, 5.41) is 0. The number of halogens is 1. The van der Waals surface area contributed by atoms with E-state index in [1.54, 1.807) is 6.20 Å². The second-order valence-corrected chi connectivity index (χ2v) is 5.81. The van der Waals surface area contributed by atoms with Gasteiger partial charge in [0.15, 0.2) is 4.73 Å². The first-order valence-electron chi connectivity index (χ1n) is 5.27. The van der Waals surface area contributed by atoms with Gasteiger partial charge in [0.05, 0.1) is 16.8 Å². The third-order valence-corrected chi connectivity index (χ3v) is 4.20. The van der Waals surface area contributed by atoms with Crippen molar-refractivity contribution in [3.63, 3.8) is 0 Å². The number of nitrogens with zero attached hydrogens (tertiary/aromatic N) is 2.